The number of rotatable bonds is 4. The highest BCUT2D eigenvalue weighted by Gasteiger charge is 2.14. The molecule has 0 bridgehead atoms. The van der Waals surface area contributed by atoms with Gasteiger partial charge in [0, 0.05) is 10.4 Å². The molecule has 102 valence electrons. The van der Waals surface area contributed by atoms with Crippen molar-refractivity contribution in [2.45, 2.75) is 19.8 Å². The predicted octanol–water partition coefficient (Wildman–Crippen LogP) is 3.88. The Morgan fingerprint density at radius 1 is 1.40 bits per heavy atom. The van der Waals surface area contributed by atoms with Gasteiger partial charge in [-0.15, -0.1) is 0 Å². The van der Waals surface area contributed by atoms with E-state index in [4.69, 9.17) is 9.68 Å². The number of hydrazone groups is 1. The van der Waals surface area contributed by atoms with Crippen molar-refractivity contribution in [3.63, 3.8) is 0 Å². The monoisotopic (exact) mass is 332 g/mol. The molecule has 0 amide bonds. The van der Waals surface area contributed by atoms with Gasteiger partial charge in [0.1, 0.15) is 6.07 Å². The molecule has 0 radical (unpaired) electrons. The van der Waals surface area contributed by atoms with Gasteiger partial charge in [0.2, 0.25) is 11.6 Å². The van der Waals surface area contributed by atoms with Crippen LogP contribution in [0, 0.1) is 11.3 Å². The van der Waals surface area contributed by atoms with Crippen LogP contribution in [0.5, 0.6) is 0 Å². The molecule has 0 aliphatic heterocycles. The minimum Gasteiger partial charge on any atom is -0.422 e. The fourth-order valence-corrected chi connectivity index (χ4v) is 1.71. The molecular weight excluding hydrogens is 320 g/mol. The summed E-state index contributed by atoms with van der Waals surface area (Å²) in [6.07, 6.45) is 1.64. The van der Waals surface area contributed by atoms with Crippen LogP contribution < -0.4 is 5.43 Å². The van der Waals surface area contributed by atoms with Gasteiger partial charge in [0.25, 0.3) is 5.88 Å². The maximum atomic E-state index is 8.99. The van der Waals surface area contributed by atoms with Gasteiger partial charge < -0.3 is 4.42 Å². The third-order valence-electron chi connectivity index (χ3n) is 2.49. The smallest absolute Gasteiger partial charge is 0.252 e. The highest BCUT2D eigenvalue weighted by Crippen LogP contribution is 2.21. The summed E-state index contributed by atoms with van der Waals surface area (Å²) in [6.45, 7) is 3.89. The van der Waals surface area contributed by atoms with E-state index in [1.165, 1.54) is 0 Å². The van der Waals surface area contributed by atoms with Crippen molar-refractivity contribution < 1.29 is 4.42 Å². The second kappa shape index (κ2) is 6.35. The molecule has 5 nitrogen and oxygen atoms in total. The fraction of sp³-hybridized carbons (Fsp3) is 0.214. The lowest BCUT2D eigenvalue weighted by Gasteiger charge is -1.97. The van der Waals surface area contributed by atoms with Crippen LogP contribution >= 0.6 is 15.9 Å². The van der Waals surface area contributed by atoms with Gasteiger partial charge >= 0.3 is 0 Å². The van der Waals surface area contributed by atoms with E-state index in [1.807, 2.05) is 44.2 Å². The zero-order valence-electron chi connectivity index (χ0n) is 11.1. The van der Waals surface area contributed by atoms with E-state index in [2.05, 4.69) is 31.4 Å². The van der Waals surface area contributed by atoms with Gasteiger partial charge in [0.15, 0.2) is 0 Å². The number of nitrogens with zero attached hydrogens (tertiary/aromatic N) is 3. The van der Waals surface area contributed by atoms with Crippen molar-refractivity contribution in [3.05, 3.63) is 45.9 Å². The Bertz CT molecular complexity index is 653. The molecule has 0 unspecified atom stereocenters. The van der Waals surface area contributed by atoms with Crippen LogP contribution in [0.4, 0.5) is 5.88 Å². The summed E-state index contributed by atoms with van der Waals surface area (Å²) >= 11 is 3.37. The largest absolute Gasteiger partial charge is 0.422 e. The van der Waals surface area contributed by atoms with Crippen LogP contribution in [0.1, 0.15) is 36.9 Å². The van der Waals surface area contributed by atoms with E-state index in [1.54, 1.807) is 6.21 Å². The molecule has 0 atom stereocenters. The van der Waals surface area contributed by atoms with Crippen LogP contribution in [0.2, 0.25) is 0 Å². The van der Waals surface area contributed by atoms with Crippen molar-refractivity contribution >= 4 is 28.0 Å². The van der Waals surface area contributed by atoms with E-state index < -0.39 is 0 Å². The fourth-order valence-electron chi connectivity index (χ4n) is 1.45. The van der Waals surface area contributed by atoms with Gasteiger partial charge in [0.05, 0.1) is 6.21 Å². The third-order valence-corrected chi connectivity index (χ3v) is 3.02. The van der Waals surface area contributed by atoms with Gasteiger partial charge in [-0.05, 0) is 17.7 Å². The SMILES string of the molecule is CC(C)c1nc(C#N)c(N/N=C/c2ccc(Br)cc2)o1. The molecule has 20 heavy (non-hydrogen) atoms. The second-order valence-corrected chi connectivity index (χ2v) is 5.33. The lowest BCUT2D eigenvalue weighted by molar-refractivity contribution is 0.481. The lowest BCUT2D eigenvalue weighted by atomic mass is 10.2. The van der Waals surface area contributed by atoms with Crippen LogP contribution in [-0.2, 0) is 0 Å². The normalized spacial score (nSPS) is 10.9. The molecule has 1 aromatic heterocycles. The lowest BCUT2D eigenvalue weighted by Crippen LogP contribution is -1.91. The number of halogens is 1. The van der Waals surface area contributed by atoms with Gasteiger partial charge in [-0.2, -0.15) is 10.4 Å². The minimum atomic E-state index is 0.119. The van der Waals surface area contributed by atoms with Crippen LogP contribution in [0.25, 0.3) is 0 Å². The number of hydrogen-bond acceptors (Lipinski definition) is 5. The first-order valence-electron chi connectivity index (χ1n) is 6.05. The van der Waals surface area contributed by atoms with Gasteiger partial charge in [-0.25, -0.2) is 10.4 Å². The quantitative estimate of drug-likeness (QED) is 0.681. The Kier molecular flexibility index (Phi) is 4.53. The number of aromatic nitrogens is 1. The Hall–Kier alpha value is -2.13. The van der Waals surface area contributed by atoms with Crippen LogP contribution in [0.15, 0.2) is 38.3 Å². The summed E-state index contributed by atoms with van der Waals surface area (Å²) in [5, 5.41) is 13.0. The molecular formula is C14H13BrN4O. The third kappa shape index (κ3) is 3.45. The molecule has 2 rings (SSSR count). The number of benzene rings is 1. The summed E-state index contributed by atoms with van der Waals surface area (Å²) in [5.41, 5.74) is 3.85. The van der Waals surface area contributed by atoms with E-state index in [9.17, 15) is 0 Å². The molecule has 0 saturated heterocycles. The number of nitrogens with one attached hydrogen (secondary N) is 1. The summed E-state index contributed by atoms with van der Waals surface area (Å²) in [7, 11) is 0. The Balaban J connectivity index is 2.10. The van der Waals surface area contributed by atoms with E-state index in [-0.39, 0.29) is 17.5 Å². The van der Waals surface area contributed by atoms with Crippen molar-refractivity contribution in [1.82, 2.24) is 4.98 Å². The Labute approximate surface area is 125 Å². The summed E-state index contributed by atoms with van der Waals surface area (Å²) < 4.78 is 6.46. The molecule has 1 heterocycles. The van der Waals surface area contributed by atoms with Crippen molar-refractivity contribution in [1.29, 1.82) is 5.26 Å². The first-order chi connectivity index (χ1) is 9.60. The van der Waals surface area contributed by atoms with E-state index in [0.29, 0.717) is 5.89 Å². The number of nitriles is 1. The maximum absolute atomic E-state index is 8.99. The maximum Gasteiger partial charge on any atom is 0.252 e. The average molecular weight is 333 g/mol. The first kappa shape index (κ1) is 14.3. The molecule has 1 aromatic carbocycles. The predicted molar refractivity (Wildman–Crippen MR) is 80.7 cm³/mol. The minimum absolute atomic E-state index is 0.119. The van der Waals surface area contributed by atoms with Crippen molar-refractivity contribution in [2.24, 2.45) is 5.10 Å². The molecule has 0 fully saturated rings. The number of oxazole rings is 1. The topological polar surface area (TPSA) is 74.2 Å². The first-order valence-corrected chi connectivity index (χ1v) is 6.85. The molecule has 6 heteroatoms. The molecule has 0 aliphatic rings. The molecule has 2 aromatic rings. The van der Waals surface area contributed by atoms with Gasteiger partial charge in [-0.3, -0.25) is 0 Å². The zero-order valence-corrected chi connectivity index (χ0v) is 12.7. The highest BCUT2D eigenvalue weighted by molar-refractivity contribution is 9.10. The summed E-state index contributed by atoms with van der Waals surface area (Å²) in [6, 6.07) is 9.66. The number of anilines is 1. The van der Waals surface area contributed by atoms with Crippen LogP contribution in [-0.4, -0.2) is 11.2 Å². The Morgan fingerprint density at radius 3 is 2.70 bits per heavy atom. The zero-order chi connectivity index (χ0) is 14.5. The van der Waals surface area contributed by atoms with Crippen molar-refractivity contribution in [2.75, 3.05) is 5.43 Å². The van der Waals surface area contributed by atoms with Crippen LogP contribution in [0.3, 0.4) is 0 Å². The van der Waals surface area contributed by atoms with Crippen molar-refractivity contribution in [3.8, 4) is 6.07 Å². The summed E-state index contributed by atoms with van der Waals surface area (Å²) in [5.74, 6) is 0.903. The molecule has 0 aliphatic carbocycles. The standard InChI is InChI=1S/C14H13BrN4O/c1-9(2)13-18-12(7-16)14(20-13)19-17-8-10-3-5-11(15)6-4-10/h3-6,8-9,19H,1-2H3/b17-8+. The van der Waals surface area contributed by atoms with E-state index >= 15 is 0 Å². The highest BCUT2D eigenvalue weighted by atomic mass is 79.9. The Morgan fingerprint density at radius 2 is 2.10 bits per heavy atom. The molecule has 0 saturated carbocycles. The van der Waals surface area contributed by atoms with E-state index in [0.717, 1.165) is 10.0 Å². The molecule has 0 spiro atoms. The summed E-state index contributed by atoms with van der Waals surface area (Å²) in [4.78, 5) is 4.10. The van der Waals surface area contributed by atoms with Gasteiger partial charge in [-0.1, -0.05) is 41.9 Å². The number of hydrogen-bond donors (Lipinski definition) is 1. The molecule has 1 N–H and O–H groups in total. The second-order valence-electron chi connectivity index (χ2n) is 4.42. The average Bonchev–Trinajstić information content (AvgIpc) is 2.84.